The van der Waals surface area contributed by atoms with Gasteiger partial charge in [0.2, 0.25) is 5.91 Å². The third-order valence-electron chi connectivity index (χ3n) is 6.74. The maximum Gasteiger partial charge on any atom is 0.407 e. The number of likely N-dealkylation sites (tertiary alicyclic amines) is 1. The zero-order valence-electron chi connectivity index (χ0n) is 18.3. The predicted octanol–water partition coefficient (Wildman–Crippen LogP) is 3.63. The minimum absolute atomic E-state index is 0.0463. The molecule has 0 radical (unpaired) electrons. The molecule has 168 valence electrons. The summed E-state index contributed by atoms with van der Waals surface area (Å²) in [6.45, 7) is 4.22. The molecule has 1 heterocycles. The minimum atomic E-state index is -0.839. The van der Waals surface area contributed by atoms with E-state index in [1.54, 1.807) is 18.7 Å². The van der Waals surface area contributed by atoms with Gasteiger partial charge in [0.1, 0.15) is 12.6 Å². The topological polar surface area (TPSA) is 95.9 Å². The Balaban J connectivity index is 1.33. The molecule has 1 unspecified atom stereocenters. The number of piperidine rings is 1. The third-order valence-corrected chi connectivity index (χ3v) is 6.74. The highest BCUT2D eigenvalue weighted by Crippen LogP contribution is 2.44. The summed E-state index contributed by atoms with van der Waals surface area (Å²) in [5.74, 6) is -1.12. The van der Waals surface area contributed by atoms with Crippen molar-refractivity contribution in [1.29, 1.82) is 0 Å². The molecule has 0 spiro atoms. The molecule has 0 aromatic heterocycles. The number of aliphatic carboxylic acids is 1. The van der Waals surface area contributed by atoms with Crippen LogP contribution in [0, 0.1) is 5.41 Å². The Bertz CT molecular complexity index is 997. The van der Waals surface area contributed by atoms with Crippen LogP contribution in [0.2, 0.25) is 0 Å². The number of carbonyl (C=O) groups is 3. The minimum Gasteiger partial charge on any atom is -0.481 e. The first-order valence-electron chi connectivity index (χ1n) is 10.9. The van der Waals surface area contributed by atoms with Crippen molar-refractivity contribution in [2.75, 3.05) is 19.7 Å². The molecule has 1 aliphatic carbocycles. The van der Waals surface area contributed by atoms with Gasteiger partial charge in [-0.1, -0.05) is 48.5 Å². The van der Waals surface area contributed by atoms with Crippen molar-refractivity contribution >= 4 is 18.0 Å². The molecule has 7 nitrogen and oxygen atoms in total. The smallest absolute Gasteiger partial charge is 0.407 e. The summed E-state index contributed by atoms with van der Waals surface area (Å²) in [4.78, 5) is 38.1. The molecule has 2 N–H and O–H groups in total. The lowest BCUT2D eigenvalue weighted by atomic mass is 9.80. The summed E-state index contributed by atoms with van der Waals surface area (Å²) in [6.07, 6.45) is 0.150. The van der Waals surface area contributed by atoms with E-state index >= 15 is 0 Å². The molecule has 2 aromatic rings. The number of nitrogens with zero attached hydrogens (tertiary/aromatic N) is 1. The SMILES string of the molecule is CC(NC(=O)OCC1c2ccccc2-c2ccccc21)C(=O)N1CCC(C)(C(=O)O)CC1. The second-order valence-electron chi connectivity index (χ2n) is 8.88. The molecule has 1 aliphatic heterocycles. The fourth-order valence-electron chi connectivity index (χ4n) is 4.59. The number of carboxylic acid groups (broad SMARTS) is 1. The number of carboxylic acids is 1. The van der Waals surface area contributed by atoms with Crippen LogP contribution in [-0.2, 0) is 14.3 Å². The highest BCUT2D eigenvalue weighted by atomic mass is 16.5. The lowest BCUT2D eigenvalue weighted by Gasteiger charge is -2.37. The van der Waals surface area contributed by atoms with Crippen molar-refractivity contribution in [2.45, 2.75) is 38.6 Å². The van der Waals surface area contributed by atoms with Gasteiger partial charge >= 0.3 is 12.1 Å². The van der Waals surface area contributed by atoms with Gasteiger partial charge in [-0.25, -0.2) is 4.79 Å². The van der Waals surface area contributed by atoms with Gasteiger partial charge in [-0.3, -0.25) is 9.59 Å². The second kappa shape index (κ2) is 8.65. The number of rotatable bonds is 5. The van der Waals surface area contributed by atoms with Crippen LogP contribution in [0.1, 0.15) is 43.7 Å². The monoisotopic (exact) mass is 436 g/mol. The van der Waals surface area contributed by atoms with Crippen LogP contribution in [0.5, 0.6) is 0 Å². The molecule has 0 bridgehead atoms. The van der Waals surface area contributed by atoms with Gasteiger partial charge in [0.05, 0.1) is 5.41 Å². The lowest BCUT2D eigenvalue weighted by Crippen LogP contribution is -2.51. The molecule has 1 fully saturated rings. The largest absolute Gasteiger partial charge is 0.481 e. The molecular weight excluding hydrogens is 408 g/mol. The fourth-order valence-corrected chi connectivity index (χ4v) is 4.59. The van der Waals surface area contributed by atoms with E-state index in [2.05, 4.69) is 29.6 Å². The van der Waals surface area contributed by atoms with Gasteiger partial charge in [0.15, 0.2) is 0 Å². The zero-order chi connectivity index (χ0) is 22.9. The molecule has 1 saturated heterocycles. The number of fused-ring (bicyclic) bond motifs is 3. The first-order chi connectivity index (χ1) is 15.3. The van der Waals surface area contributed by atoms with Gasteiger partial charge in [-0.2, -0.15) is 0 Å². The second-order valence-corrected chi connectivity index (χ2v) is 8.88. The number of carbonyl (C=O) groups excluding carboxylic acids is 2. The summed E-state index contributed by atoms with van der Waals surface area (Å²) in [6, 6.07) is 15.4. The van der Waals surface area contributed by atoms with E-state index in [1.165, 1.54) is 0 Å². The number of ether oxygens (including phenoxy) is 1. The van der Waals surface area contributed by atoms with Crippen molar-refractivity contribution in [1.82, 2.24) is 10.2 Å². The molecule has 7 heteroatoms. The summed E-state index contributed by atoms with van der Waals surface area (Å²) in [5, 5.41) is 12.0. The third kappa shape index (κ3) is 4.07. The van der Waals surface area contributed by atoms with E-state index in [9.17, 15) is 19.5 Å². The van der Waals surface area contributed by atoms with Crippen LogP contribution in [0.25, 0.3) is 11.1 Å². The molecule has 2 aliphatic rings. The molecule has 2 amide bonds. The maximum absolute atomic E-state index is 12.7. The van der Waals surface area contributed by atoms with E-state index < -0.39 is 23.5 Å². The Morgan fingerprint density at radius 2 is 1.59 bits per heavy atom. The number of benzene rings is 2. The molecule has 1 atom stereocenters. The van der Waals surface area contributed by atoms with Gasteiger partial charge in [0, 0.05) is 19.0 Å². The van der Waals surface area contributed by atoms with E-state index in [1.807, 2.05) is 24.3 Å². The van der Waals surface area contributed by atoms with Gasteiger partial charge < -0.3 is 20.1 Å². The standard InChI is InChI=1S/C25H28N2O5/c1-16(22(28)27-13-11-25(2,12-14-27)23(29)30)26-24(31)32-15-21-19-9-5-3-7-17(19)18-8-4-6-10-20(18)21/h3-10,16,21H,11-15H2,1-2H3,(H,26,31)(H,29,30). The molecular formula is C25H28N2O5. The number of nitrogens with one attached hydrogen (secondary N) is 1. The van der Waals surface area contributed by atoms with Gasteiger partial charge in [-0.15, -0.1) is 0 Å². The van der Waals surface area contributed by atoms with Gasteiger partial charge in [-0.05, 0) is 48.9 Å². The van der Waals surface area contributed by atoms with Gasteiger partial charge in [0.25, 0.3) is 0 Å². The Kier molecular flexibility index (Phi) is 5.91. The zero-order valence-corrected chi connectivity index (χ0v) is 18.3. The quantitative estimate of drug-likeness (QED) is 0.746. The normalized spacial score (nSPS) is 17.8. The molecule has 4 rings (SSSR count). The van der Waals surface area contributed by atoms with Crippen LogP contribution in [0.3, 0.4) is 0 Å². The molecule has 2 aromatic carbocycles. The first kappa shape index (κ1) is 21.9. The van der Waals surface area contributed by atoms with E-state index in [0.717, 1.165) is 22.3 Å². The summed E-state index contributed by atoms with van der Waals surface area (Å²) < 4.78 is 5.51. The number of alkyl carbamates (subject to hydrolysis) is 1. The number of hydrogen-bond donors (Lipinski definition) is 2. The van der Waals surface area contributed by atoms with Crippen LogP contribution in [-0.4, -0.2) is 53.7 Å². The maximum atomic E-state index is 12.7. The molecule has 32 heavy (non-hydrogen) atoms. The van der Waals surface area contributed by atoms with Crippen molar-refractivity contribution in [3.8, 4) is 11.1 Å². The molecule has 0 saturated carbocycles. The van der Waals surface area contributed by atoms with Crippen LogP contribution in [0.4, 0.5) is 4.79 Å². The highest BCUT2D eigenvalue weighted by Gasteiger charge is 2.39. The van der Waals surface area contributed by atoms with Crippen molar-refractivity contribution in [2.24, 2.45) is 5.41 Å². The average Bonchev–Trinajstić information content (AvgIpc) is 3.11. The Morgan fingerprint density at radius 3 is 2.12 bits per heavy atom. The summed E-state index contributed by atoms with van der Waals surface area (Å²) in [7, 11) is 0. The lowest BCUT2D eigenvalue weighted by molar-refractivity contribution is -0.153. The van der Waals surface area contributed by atoms with Crippen molar-refractivity contribution in [3.05, 3.63) is 59.7 Å². The van der Waals surface area contributed by atoms with E-state index in [-0.39, 0.29) is 18.4 Å². The first-order valence-corrected chi connectivity index (χ1v) is 10.9. The average molecular weight is 437 g/mol. The summed E-state index contributed by atoms with van der Waals surface area (Å²) in [5.41, 5.74) is 3.75. The Hall–Kier alpha value is -3.35. The van der Waals surface area contributed by atoms with Crippen molar-refractivity contribution < 1.29 is 24.2 Å². The highest BCUT2D eigenvalue weighted by molar-refractivity contribution is 5.86. The predicted molar refractivity (Wildman–Crippen MR) is 119 cm³/mol. The van der Waals surface area contributed by atoms with Crippen LogP contribution >= 0.6 is 0 Å². The number of hydrogen-bond acceptors (Lipinski definition) is 4. The van der Waals surface area contributed by atoms with Crippen LogP contribution < -0.4 is 5.32 Å². The van der Waals surface area contributed by atoms with Crippen LogP contribution in [0.15, 0.2) is 48.5 Å². The Labute approximate surface area is 187 Å². The fraction of sp³-hybridized carbons (Fsp3) is 0.400. The van der Waals surface area contributed by atoms with E-state index in [0.29, 0.717) is 25.9 Å². The van der Waals surface area contributed by atoms with E-state index in [4.69, 9.17) is 4.74 Å². The number of amides is 2. The summed E-state index contributed by atoms with van der Waals surface area (Å²) >= 11 is 0. The van der Waals surface area contributed by atoms with Crippen molar-refractivity contribution in [3.63, 3.8) is 0 Å². The Morgan fingerprint density at radius 1 is 1.06 bits per heavy atom.